The molecule has 1 atom stereocenters. The predicted molar refractivity (Wildman–Crippen MR) is 60.8 cm³/mol. The van der Waals surface area contributed by atoms with E-state index in [1.807, 2.05) is 6.92 Å². The first-order chi connectivity index (χ1) is 6.63. The minimum Gasteiger partial charge on any atom is -0.373 e. The fraction of sp³-hybridized carbons (Fsp3) is 0.364. The van der Waals surface area contributed by atoms with Crippen LogP contribution >= 0.6 is 12.2 Å². The molecule has 3 heteroatoms. The minimum atomic E-state index is -0.206. The van der Waals surface area contributed by atoms with Crippen LogP contribution in [0.3, 0.4) is 0 Å². The maximum absolute atomic E-state index is 12.7. The molecule has 0 aromatic heterocycles. The molecule has 1 rings (SSSR count). The Bertz CT molecular complexity index is 308. The Hall–Kier alpha value is -0.960. The number of benzene rings is 1. The van der Waals surface area contributed by atoms with E-state index in [0.717, 1.165) is 17.0 Å². The van der Waals surface area contributed by atoms with Crippen molar-refractivity contribution in [3.8, 4) is 0 Å². The van der Waals surface area contributed by atoms with Crippen molar-refractivity contribution >= 4 is 17.2 Å². The first-order valence-corrected chi connectivity index (χ1v) is 5.07. The van der Waals surface area contributed by atoms with Gasteiger partial charge in [-0.25, -0.2) is 4.39 Å². The molecule has 0 amide bonds. The molecule has 0 bridgehead atoms. The SMILES string of the molecule is CCC(NC(C)=S)c1ccc(F)cc1. The third-order valence-electron chi connectivity index (χ3n) is 2.06. The van der Waals surface area contributed by atoms with Crippen LogP contribution in [0.15, 0.2) is 24.3 Å². The maximum Gasteiger partial charge on any atom is 0.123 e. The molecule has 0 saturated carbocycles. The van der Waals surface area contributed by atoms with E-state index in [9.17, 15) is 4.39 Å². The van der Waals surface area contributed by atoms with E-state index in [1.165, 1.54) is 12.1 Å². The summed E-state index contributed by atoms with van der Waals surface area (Å²) >= 11 is 4.98. The molecule has 1 nitrogen and oxygen atoms in total. The van der Waals surface area contributed by atoms with Crippen molar-refractivity contribution < 1.29 is 4.39 Å². The number of rotatable bonds is 3. The van der Waals surface area contributed by atoms with Crippen LogP contribution in [0, 0.1) is 5.82 Å². The van der Waals surface area contributed by atoms with Gasteiger partial charge in [-0.05, 0) is 31.0 Å². The van der Waals surface area contributed by atoms with E-state index in [0.29, 0.717) is 0 Å². The van der Waals surface area contributed by atoms with Gasteiger partial charge in [0.15, 0.2) is 0 Å². The zero-order valence-corrected chi connectivity index (χ0v) is 9.20. The second kappa shape index (κ2) is 5.05. The molecule has 1 aromatic rings. The van der Waals surface area contributed by atoms with Gasteiger partial charge in [0.05, 0.1) is 11.0 Å². The van der Waals surface area contributed by atoms with Gasteiger partial charge in [0.25, 0.3) is 0 Å². The molecule has 0 radical (unpaired) electrons. The first kappa shape index (κ1) is 11.1. The number of halogens is 1. The van der Waals surface area contributed by atoms with Gasteiger partial charge in [-0.1, -0.05) is 31.3 Å². The lowest BCUT2D eigenvalue weighted by atomic mass is 10.0. The normalized spacial score (nSPS) is 12.2. The second-order valence-corrected chi connectivity index (χ2v) is 3.83. The lowest BCUT2D eigenvalue weighted by Gasteiger charge is -2.17. The largest absolute Gasteiger partial charge is 0.373 e. The third-order valence-corrected chi connectivity index (χ3v) is 2.18. The fourth-order valence-electron chi connectivity index (χ4n) is 1.36. The van der Waals surface area contributed by atoms with Crippen molar-refractivity contribution in [2.75, 3.05) is 0 Å². The first-order valence-electron chi connectivity index (χ1n) is 4.66. The molecule has 14 heavy (non-hydrogen) atoms. The summed E-state index contributed by atoms with van der Waals surface area (Å²) in [4.78, 5) is 0.765. The Morgan fingerprint density at radius 1 is 1.43 bits per heavy atom. The molecule has 1 N–H and O–H groups in total. The van der Waals surface area contributed by atoms with Crippen molar-refractivity contribution in [1.29, 1.82) is 0 Å². The van der Waals surface area contributed by atoms with Crippen LogP contribution in [0.25, 0.3) is 0 Å². The number of hydrogen-bond donors (Lipinski definition) is 1. The monoisotopic (exact) mass is 211 g/mol. The van der Waals surface area contributed by atoms with Gasteiger partial charge in [0.2, 0.25) is 0 Å². The Labute approximate surface area is 89.3 Å². The predicted octanol–water partition coefficient (Wildman–Crippen LogP) is 3.21. The summed E-state index contributed by atoms with van der Waals surface area (Å²) in [6.07, 6.45) is 0.930. The van der Waals surface area contributed by atoms with E-state index < -0.39 is 0 Å². The van der Waals surface area contributed by atoms with Crippen molar-refractivity contribution in [3.63, 3.8) is 0 Å². The zero-order chi connectivity index (χ0) is 10.6. The van der Waals surface area contributed by atoms with E-state index in [-0.39, 0.29) is 11.9 Å². The zero-order valence-electron chi connectivity index (χ0n) is 8.38. The molecule has 0 aliphatic rings. The van der Waals surface area contributed by atoms with Crippen molar-refractivity contribution in [2.45, 2.75) is 26.3 Å². The summed E-state index contributed by atoms with van der Waals surface area (Å²) in [5.41, 5.74) is 1.07. The highest BCUT2D eigenvalue weighted by Gasteiger charge is 2.08. The topological polar surface area (TPSA) is 12.0 Å². The van der Waals surface area contributed by atoms with E-state index in [4.69, 9.17) is 12.2 Å². The average Bonchev–Trinajstić information content (AvgIpc) is 2.15. The van der Waals surface area contributed by atoms with Crippen molar-refractivity contribution in [3.05, 3.63) is 35.6 Å². The molecule has 1 aromatic carbocycles. The van der Waals surface area contributed by atoms with Gasteiger partial charge in [-0.2, -0.15) is 0 Å². The van der Waals surface area contributed by atoms with E-state index >= 15 is 0 Å². The fourth-order valence-corrected chi connectivity index (χ4v) is 1.50. The van der Waals surface area contributed by atoms with Gasteiger partial charge in [0, 0.05) is 0 Å². The summed E-state index contributed by atoms with van der Waals surface area (Å²) in [6.45, 7) is 3.92. The van der Waals surface area contributed by atoms with Gasteiger partial charge >= 0.3 is 0 Å². The molecule has 1 unspecified atom stereocenters. The minimum absolute atomic E-state index is 0.188. The van der Waals surface area contributed by atoms with Crippen LogP contribution < -0.4 is 5.32 Å². The number of nitrogens with one attached hydrogen (secondary N) is 1. The highest BCUT2D eigenvalue weighted by atomic mass is 32.1. The quantitative estimate of drug-likeness (QED) is 0.770. The molecule has 0 saturated heterocycles. The number of hydrogen-bond acceptors (Lipinski definition) is 1. The average molecular weight is 211 g/mol. The van der Waals surface area contributed by atoms with E-state index in [2.05, 4.69) is 12.2 Å². The molecular formula is C11H14FNS. The Balaban J connectivity index is 2.78. The van der Waals surface area contributed by atoms with Gasteiger partial charge in [-0.3, -0.25) is 0 Å². The summed E-state index contributed by atoms with van der Waals surface area (Å²) in [7, 11) is 0. The van der Waals surface area contributed by atoms with Gasteiger partial charge < -0.3 is 5.32 Å². The molecule has 0 aliphatic heterocycles. The lowest BCUT2D eigenvalue weighted by Crippen LogP contribution is -2.24. The smallest absolute Gasteiger partial charge is 0.123 e. The van der Waals surface area contributed by atoms with Crippen LogP contribution in [0.2, 0.25) is 0 Å². The van der Waals surface area contributed by atoms with Crippen LogP contribution in [0.5, 0.6) is 0 Å². The lowest BCUT2D eigenvalue weighted by molar-refractivity contribution is 0.611. The van der Waals surface area contributed by atoms with Crippen LogP contribution in [-0.2, 0) is 0 Å². The maximum atomic E-state index is 12.7. The summed E-state index contributed by atoms with van der Waals surface area (Å²) in [5.74, 6) is -0.206. The van der Waals surface area contributed by atoms with Crippen molar-refractivity contribution in [1.82, 2.24) is 5.32 Å². The highest BCUT2D eigenvalue weighted by Crippen LogP contribution is 2.16. The molecule has 0 heterocycles. The molecule has 76 valence electrons. The standard InChI is InChI=1S/C11H14FNS/c1-3-11(13-8(2)14)9-4-6-10(12)7-5-9/h4-7,11H,3H2,1-2H3,(H,13,14). The summed E-state index contributed by atoms with van der Waals surface area (Å²) in [6, 6.07) is 6.70. The van der Waals surface area contributed by atoms with Gasteiger partial charge in [-0.15, -0.1) is 0 Å². The van der Waals surface area contributed by atoms with Crippen LogP contribution in [-0.4, -0.2) is 4.99 Å². The summed E-state index contributed by atoms with van der Waals surface area (Å²) in [5, 5.41) is 3.17. The van der Waals surface area contributed by atoms with E-state index in [1.54, 1.807) is 12.1 Å². The molecule has 0 aliphatic carbocycles. The molecule has 0 spiro atoms. The Morgan fingerprint density at radius 3 is 2.43 bits per heavy atom. The summed E-state index contributed by atoms with van der Waals surface area (Å²) < 4.78 is 12.7. The molecular weight excluding hydrogens is 197 g/mol. The third kappa shape index (κ3) is 3.07. The Kier molecular flexibility index (Phi) is 4.01. The highest BCUT2D eigenvalue weighted by molar-refractivity contribution is 7.80. The van der Waals surface area contributed by atoms with Crippen LogP contribution in [0.1, 0.15) is 31.9 Å². The second-order valence-electron chi connectivity index (χ2n) is 3.21. The van der Waals surface area contributed by atoms with Crippen LogP contribution in [0.4, 0.5) is 4.39 Å². The Morgan fingerprint density at radius 2 is 2.00 bits per heavy atom. The number of thiocarbonyl (C=S) groups is 1. The van der Waals surface area contributed by atoms with Crippen molar-refractivity contribution in [2.24, 2.45) is 0 Å². The van der Waals surface area contributed by atoms with Gasteiger partial charge in [0.1, 0.15) is 5.82 Å². The molecule has 0 fully saturated rings.